The third kappa shape index (κ3) is 4.32. The van der Waals surface area contributed by atoms with Gasteiger partial charge < -0.3 is 17.1 Å². The van der Waals surface area contributed by atoms with Crippen LogP contribution >= 0.6 is 0 Å². The number of aromatic nitrogens is 1. The highest BCUT2D eigenvalue weighted by molar-refractivity contribution is 5.73. The average molecular weight is 203 g/mol. The molecule has 4 nitrogen and oxygen atoms in total. The fourth-order valence-electron chi connectivity index (χ4n) is 0.742. The summed E-state index contributed by atoms with van der Waals surface area (Å²) in [5.41, 5.74) is 2.50. The third-order valence-corrected chi connectivity index (χ3v) is 1.21. The van der Waals surface area contributed by atoms with E-state index in [2.05, 4.69) is 10.2 Å². The zero-order valence-electron chi connectivity index (χ0n) is 7.24. The summed E-state index contributed by atoms with van der Waals surface area (Å²) in [6.45, 7) is 2.13. The molecular weight excluding hydrogens is 192 g/mol. The van der Waals surface area contributed by atoms with Gasteiger partial charge >= 0.3 is 6.09 Å². The molecule has 1 amide bonds. The molecule has 72 valence electrons. The highest BCUT2D eigenvalue weighted by Crippen LogP contribution is 1.77. The van der Waals surface area contributed by atoms with Crippen LogP contribution in [-0.4, -0.2) is 12.7 Å². The van der Waals surface area contributed by atoms with Gasteiger partial charge in [-0.3, -0.25) is 0 Å². The molecule has 1 aromatic rings. The van der Waals surface area contributed by atoms with E-state index in [0.29, 0.717) is 6.61 Å². The minimum absolute atomic E-state index is 0. The van der Waals surface area contributed by atoms with Crippen molar-refractivity contribution in [2.45, 2.75) is 6.92 Å². The number of carbonyl (C=O) groups is 1. The second-order valence-corrected chi connectivity index (χ2v) is 2.12. The van der Waals surface area contributed by atoms with Gasteiger partial charge in [0.1, 0.15) is 0 Å². The quantitative estimate of drug-likeness (QED) is 0.547. The molecule has 1 rings (SSSR count). The zero-order chi connectivity index (χ0) is 8.81. The Hall–Kier alpha value is -1.29. The van der Waals surface area contributed by atoms with Crippen LogP contribution in [0.25, 0.3) is 0 Å². The number of halogens is 1. The molecule has 0 saturated heterocycles. The summed E-state index contributed by atoms with van der Waals surface area (Å²) >= 11 is 0. The van der Waals surface area contributed by atoms with Crippen molar-refractivity contribution in [3.8, 4) is 0 Å². The Bertz CT molecular complexity index is 254. The lowest BCUT2D eigenvalue weighted by Gasteiger charge is -1.98. The average Bonchev–Trinajstić information content (AvgIpc) is 2.06. The number of amides is 1. The van der Waals surface area contributed by atoms with Crippen LogP contribution in [0.4, 0.5) is 4.79 Å². The van der Waals surface area contributed by atoms with Crippen molar-refractivity contribution in [1.82, 2.24) is 0 Å². The Labute approximate surface area is 82.9 Å². The fraction of sp³-hybridized carbons (Fsp3) is 0.250. The number of carbonyl (C=O) groups excluding carboxylic acids is 1. The maximum Gasteiger partial charge on any atom is 0.461 e. The first-order valence-electron chi connectivity index (χ1n) is 3.73. The highest BCUT2D eigenvalue weighted by atomic mass is 35.5. The van der Waals surface area contributed by atoms with Gasteiger partial charge in [-0.2, -0.15) is 0 Å². The number of pyridine rings is 1. The van der Waals surface area contributed by atoms with Crippen molar-refractivity contribution in [1.29, 1.82) is 0 Å². The molecule has 0 aliphatic heterocycles. The van der Waals surface area contributed by atoms with Crippen LogP contribution in [0.3, 0.4) is 0 Å². The van der Waals surface area contributed by atoms with Crippen LogP contribution < -0.4 is 22.5 Å². The molecule has 0 aliphatic carbocycles. The van der Waals surface area contributed by atoms with E-state index in [4.69, 9.17) is 0 Å². The fourth-order valence-corrected chi connectivity index (χ4v) is 0.742. The number of nitrogens with one attached hydrogen (secondary N) is 1. The van der Waals surface area contributed by atoms with Crippen molar-refractivity contribution in [3.63, 3.8) is 0 Å². The minimum Gasteiger partial charge on any atom is -1.00 e. The van der Waals surface area contributed by atoms with E-state index in [-0.39, 0.29) is 12.4 Å². The number of rotatable bonds is 2. The molecule has 1 aromatic heterocycles. The lowest BCUT2D eigenvalue weighted by molar-refractivity contribution is -0.642. The van der Waals surface area contributed by atoms with Gasteiger partial charge in [-0.05, 0) is 6.92 Å². The van der Waals surface area contributed by atoms with Gasteiger partial charge in [-0.25, -0.2) is 4.79 Å². The lowest BCUT2D eigenvalue weighted by atomic mass is 10.5. The van der Waals surface area contributed by atoms with Crippen LogP contribution in [0.1, 0.15) is 6.92 Å². The van der Waals surface area contributed by atoms with Crippen molar-refractivity contribution in [3.05, 3.63) is 30.6 Å². The summed E-state index contributed by atoms with van der Waals surface area (Å²) in [6.07, 6.45) is 2.99. The smallest absolute Gasteiger partial charge is 0.461 e. The van der Waals surface area contributed by atoms with Crippen molar-refractivity contribution in [2.24, 2.45) is 0 Å². The molecule has 1 N–H and O–H groups in total. The molecule has 0 radical (unpaired) electrons. The van der Waals surface area contributed by atoms with Gasteiger partial charge in [0, 0.05) is 12.1 Å². The zero-order valence-corrected chi connectivity index (χ0v) is 7.99. The van der Waals surface area contributed by atoms with Crippen molar-refractivity contribution >= 4 is 6.09 Å². The van der Waals surface area contributed by atoms with Crippen LogP contribution in [-0.2, 0) is 4.74 Å². The molecule has 13 heavy (non-hydrogen) atoms. The van der Waals surface area contributed by atoms with Crippen molar-refractivity contribution in [2.75, 3.05) is 12.0 Å². The molecule has 5 heteroatoms. The number of nitrogens with zero attached hydrogens (tertiary/aromatic N) is 1. The Morgan fingerprint density at radius 3 is 2.54 bits per heavy atom. The second-order valence-electron chi connectivity index (χ2n) is 2.12. The normalized spacial score (nSPS) is 8.38. The predicted molar refractivity (Wildman–Crippen MR) is 43.0 cm³/mol. The monoisotopic (exact) mass is 202 g/mol. The first-order valence-corrected chi connectivity index (χ1v) is 3.73. The topological polar surface area (TPSA) is 42.2 Å². The molecule has 0 aromatic carbocycles. The van der Waals surface area contributed by atoms with E-state index < -0.39 is 6.09 Å². The third-order valence-electron chi connectivity index (χ3n) is 1.21. The summed E-state index contributed by atoms with van der Waals surface area (Å²) in [4.78, 5) is 10.9. The van der Waals surface area contributed by atoms with Crippen LogP contribution in [0.15, 0.2) is 30.6 Å². The molecule has 0 fully saturated rings. The van der Waals surface area contributed by atoms with E-state index in [1.165, 1.54) is 4.68 Å². The SMILES string of the molecule is CCOC(=O)N[n+]1ccccc1.[Cl-]. The van der Waals surface area contributed by atoms with Gasteiger partial charge in [0.25, 0.3) is 0 Å². The number of ether oxygens (including phenoxy) is 1. The van der Waals surface area contributed by atoms with E-state index in [9.17, 15) is 4.79 Å². The first-order chi connectivity index (χ1) is 5.83. The summed E-state index contributed by atoms with van der Waals surface area (Å²) < 4.78 is 6.20. The Morgan fingerprint density at radius 2 is 2.00 bits per heavy atom. The Balaban J connectivity index is 0.00000144. The summed E-state index contributed by atoms with van der Waals surface area (Å²) in [5.74, 6) is 0. The molecule has 0 spiro atoms. The van der Waals surface area contributed by atoms with Crippen molar-refractivity contribution < 1.29 is 26.6 Å². The van der Waals surface area contributed by atoms with Gasteiger partial charge in [-0.1, -0.05) is 16.2 Å². The summed E-state index contributed by atoms with van der Waals surface area (Å²) in [6, 6.07) is 5.49. The van der Waals surface area contributed by atoms with Gasteiger partial charge in [0.05, 0.1) is 6.61 Å². The molecule has 0 saturated carbocycles. The van der Waals surface area contributed by atoms with Gasteiger partial charge in [0.15, 0.2) is 12.4 Å². The standard InChI is InChI=1S/C8H10N2O2.ClH/c1-2-12-8(11)9-10-6-4-3-5-7-10;/h3-7H,2H2,1H3;1H. The van der Waals surface area contributed by atoms with E-state index in [1.807, 2.05) is 18.2 Å². The first kappa shape index (κ1) is 11.7. The van der Waals surface area contributed by atoms with E-state index >= 15 is 0 Å². The highest BCUT2D eigenvalue weighted by Gasteiger charge is 2.04. The molecule has 0 atom stereocenters. The minimum atomic E-state index is -0.450. The van der Waals surface area contributed by atoms with Crippen LogP contribution in [0.5, 0.6) is 0 Å². The number of hydrogen-bond acceptors (Lipinski definition) is 2. The van der Waals surface area contributed by atoms with Gasteiger partial charge in [-0.15, -0.1) is 0 Å². The maximum atomic E-state index is 10.9. The molecule has 1 heterocycles. The molecule has 0 bridgehead atoms. The number of hydrogen-bond donors (Lipinski definition) is 1. The summed E-state index contributed by atoms with van der Waals surface area (Å²) in [5, 5.41) is 0. The second kappa shape index (κ2) is 6.25. The Morgan fingerprint density at radius 1 is 1.38 bits per heavy atom. The van der Waals surface area contributed by atoms with Crippen LogP contribution in [0, 0.1) is 0 Å². The Kier molecular flexibility index (Phi) is 5.63. The maximum absolute atomic E-state index is 10.9. The van der Waals surface area contributed by atoms with Crippen LogP contribution in [0.2, 0.25) is 0 Å². The summed E-state index contributed by atoms with van der Waals surface area (Å²) in [7, 11) is 0. The molecule has 0 unspecified atom stereocenters. The lowest BCUT2D eigenvalue weighted by Crippen LogP contribution is -3.00. The van der Waals surface area contributed by atoms with Gasteiger partial charge in [0.2, 0.25) is 0 Å². The molecular formula is C8H11ClN2O2. The largest absolute Gasteiger partial charge is 1.00 e. The predicted octanol–water partition coefficient (Wildman–Crippen LogP) is -2.32. The molecule has 0 aliphatic rings. The van der Waals surface area contributed by atoms with E-state index in [1.54, 1.807) is 19.3 Å². The van der Waals surface area contributed by atoms with E-state index in [0.717, 1.165) is 0 Å².